The van der Waals surface area contributed by atoms with Gasteiger partial charge in [0.15, 0.2) is 0 Å². The predicted octanol–water partition coefficient (Wildman–Crippen LogP) is 2.62. The van der Waals surface area contributed by atoms with Crippen LogP contribution >= 0.6 is 11.3 Å². The molecule has 80 valence electrons. The fourth-order valence-electron chi connectivity index (χ4n) is 1.27. The summed E-state index contributed by atoms with van der Waals surface area (Å²) in [5.74, 6) is 0. The largest absolute Gasteiger partial charge is 0.577 e. The first-order valence-electron chi connectivity index (χ1n) is 4.11. The minimum Gasteiger partial charge on any atom is -0.342 e. The summed E-state index contributed by atoms with van der Waals surface area (Å²) in [6, 6.07) is 7.04. The molecular formula is C9H7F3NOS+. The first-order valence-corrected chi connectivity index (χ1v) is 4.92. The fourth-order valence-corrected chi connectivity index (χ4v) is 2.29. The average Bonchev–Trinajstić information content (AvgIpc) is 2.42. The van der Waals surface area contributed by atoms with E-state index in [4.69, 9.17) is 0 Å². The summed E-state index contributed by atoms with van der Waals surface area (Å²) in [5.41, 5.74) is 0.724. The first-order chi connectivity index (χ1) is 6.97. The van der Waals surface area contributed by atoms with Crippen LogP contribution in [0.1, 0.15) is 0 Å². The van der Waals surface area contributed by atoms with E-state index >= 15 is 0 Å². The number of ether oxygens (including phenoxy) is 1. The summed E-state index contributed by atoms with van der Waals surface area (Å²) in [4.78, 5) is 0. The number of para-hydroxylation sites is 1. The van der Waals surface area contributed by atoms with Crippen LogP contribution in [0.5, 0.6) is 5.19 Å². The molecule has 0 aliphatic rings. The highest BCUT2D eigenvalue weighted by Gasteiger charge is 2.36. The van der Waals surface area contributed by atoms with E-state index < -0.39 is 6.36 Å². The van der Waals surface area contributed by atoms with Gasteiger partial charge in [-0.15, -0.1) is 13.2 Å². The number of halogens is 3. The Morgan fingerprint density at radius 1 is 1.27 bits per heavy atom. The van der Waals surface area contributed by atoms with Crippen molar-refractivity contribution >= 4 is 21.6 Å². The summed E-state index contributed by atoms with van der Waals surface area (Å²) in [6.07, 6.45) is -4.64. The van der Waals surface area contributed by atoms with E-state index in [-0.39, 0.29) is 5.19 Å². The van der Waals surface area contributed by atoms with Crippen LogP contribution in [0.3, 0.4) is 0 Å². The Balaban J connectivity index is 2.49. The summed E-state index contributed by atoms with van der Waals surface area (Å²) >= 11 is 0.972. The number of hydrogen-bond donors (Lipinski definition) is 0. The van der Waals surface area contributed by atoms with Gasteiger partial charge < -0.3 is 4.74 Å². The SMILES string of the molecule is C[n+]1c(OC(F)(F)F)sc2ccccc21. The number of alkyl halides is 3. The number of aromatic nitrogens is 1. The van der Waals surface area contributed by atoms with E-state index in [0.29, 0.717) is 0 Å². The minimum atomic E-state index is -4.64. The van der Waals surface area contributed by atoms with Crippen molar-refractivity contribution in [1.82, 2.24) is 0 Å². The molecule has 0 unspecified atom stereocenters. The highest BCUT2D eigenvalue weighted by molar-refractivity contribution is 7.19. The lowest BCUT2D eigenvalue weighted by Crippen LogP contribution is -2.32. The summed E-state index contributed by atoms with van der Waals surface area (Å²) < 4.78 is 42.1. The molecule has 1 aromatic carbocycles. The Morgan fingerprint density at radius 3 is 2.53 bits per heavy atom. The Labute approximate surface area is 87.5 Å². The Bertz CT molecular complexity index is 492. The minimum absolute atomic E-state index is 0.163. The number of benzene rings is 1. The third-order valence-corrected chi connectivity index (χ3v) is 3.00. The van der Waals surface area contributed by atoms with E-state index in [0.717, 1.165) is 21.6 Å². The molecule has 0 amide bonds. The molecule has 0 aliphatic heterocycles. The van der Waals surface area contributed by atoms with Crippen LogP contribution in [0, 0.1) is 0 Å². The predicted molar refractivity (Wildman–Crippen MR) is 49.7 cm³/mol. The summed E-state index contributed by atoms with van der Waals surface area (Å²) in [5, 5.41) is -0.163. The molecule has 2 aromatic rings. The van der Waals surface area contributed by atoms with Crippen molar-refractivity contribution in [2.24, 2.45) is 7.05 Å². The second kappa shape index (κ2) is 3.37. The van der Waals surface area contributed by atoms with Crippen LogP contribution in [0.4, 0.5) is 13.2 Å². The van der Waals surface area contributed by atoms with Crippen LogP contribution in [0.2, 0.25) is 0 Å². The summed E-state index contributed by atoms with van der Waals surface area (Å²) in [7, 11) is 1.54. The first kappa shape index (κ1) is 10.2. The second-order valence-corrected chi connectivity index (χ2v) is 3.94. The molecule has 2 rings (SSSR count). The second-order valence-electron chi connectivity index (χ2n) is 2.94. The average molecular weight is 234 g/mol. The zero-order chi connectivity index (χ0) is 11.1. The molecule has 2 nitrogen and oxygen atoms in total. The molecule has 15 heavy (non-hydrogen) atoms. The molecular weight excluding hydrogens is 227 g/mol. The lowest BCUT2D eigenvalue weighted by Gasteiger charge is -2.02. The van der Waals surface area contributed by atoms with Crippen molar-refractivity contribution in [1.29, 1.82) is 0 Å². The van der Waals surface area contributed by atoms with Gasteiger partial charge in [0.1, 0.15) is 11.7 Å². The maximum Gasteiger partial charge on any atom is 0.577 e. The molecule has 0 N–H and O–H groups in total. The monoisotopic (exact) mass is 234 g/mol. The maximum atomic E-state index is 12.0. The third-order valence-electron chi connectivity index (χ3n) is 1.90. The molecule has 0 spiro atoms. The Morgan fingerprint density at radius 2 is 1.93 bits per heavy atom. The van der Waals surface area contributed by atoms with Crippen LogP contribution in [-0.4, -0.2) is 6.36 Å². The standard InChI is InChI=1S/C9H7F3NOS/c1-13-6-4-2-3-5-7(6)15-8(13)14-9(10,11)12/h2-5H,1H3/q+1. The number of fused-ring (bicyclic) bond motifs is 1. The zero-order valence-corrected chi connectivity index (χ0v) is 8.52. The topological polar surface area (TPSA) is 13.1 Å². The van der Waals surface area contributed by atoms with Crippen molar-refractivity contribution in [2.75, 3.05) is 0 Å². The van der Waals surface area contributed by atoms with Gasteiger partial charge in [0, 0.05) is 6.07 Å². The number of nitrogens with zero attached hydrogens (tertiary/aromatic N) is 1. The van der Waals surface area contributed by atoms with Crippen molar-refractivity contribution in [3.05, 3.63) is 24.3 Å². The van der Waals surface area contributed by atoms with E-state index in [2.05, 4.69) is 4.74 Å². The van der Waals surface area contributed by atoms with Gasteiger partial charge in [0.05, 0.1) is 0 Å². The van der Waals surface area contributed by atoms with E-state index in [1.54, 1.807) is 31.3 Å². The third kappa shape index (κ3) is 2.04. The highest BCUT2D eigenvalue weighted by Crippen LogP contribution is 2.29. The van der Waals surface area contributed by atoms with Gasteiger partial charge in [0.25, 0.3) is 0 Å². The van der Waals surface area contributed by atoms with Crippen molar-refractivity contribution in [3.8, 4) is 5.19 Å². The van der Waals surface area contributed by atoms with Crippen LogP contribution in [-0.2, 0) is 7.05 Å². The van der Waals surface area contributed by atoms with Gasteiger partial charge in [-0.05, 0) is 17.4 Å². The highest BCUT2D eigenvalue weighted by atomic mass is 32.1. The molecule has 0 saturated carbocycles. The number of rotatable bonds is 1. The molecule has 1 heterocycles. The van der Waals surface area contributed by atoms with E-state index in [9.17, 15) is 13.2 Å². The molecule has 6 heteroatoms. The van der Waals surface area contributed by atoms with Gasteiger partial charge in [-0.3, -0.25) is 0 Å². The van der Waals surface area contributed by atoms with Crippen molar-refractivity contribution in [2.45, 2.75) is 6.36 Å². The van der Waals surface area contributed by atoms with E-state index in [1.165, 1.54) is 4.57 Å². The lowest BCUT2D eigenvalue weighted by molar-refractivity contribution is -0.652. The fraction of sp³-hybridized carbons (Fsp3) is 0.222. The van der Waals surface area contributed by atoms with Gasteiger partial charge in [0.2, 0.25) is 5.52 Å². The molecule has 0 radical (unpaired) electrons. The lowest BCUT2D eigenvalue weighted by atomic mass is 10.3. The van der Waals surface area contributed by atoms with Crippen molar-refractivity contribution < 1.29 is 22.5 Å². The van der Waals surface area contributed by atoms with Crippen LogP contribution in [0.25, 0.3) is 10.2 Å². The normalized spacial score (nSPS) is 12.0. The zero-order valence-electron chi connectivity index (χ0n) is 7.71. The van der Waals surface area contributed by atoms with Crippen LogP contribution < -0.4 is 9.30 Å². The summed E-state index contributed by atoms with van der Waals surface area (Å²) in [6.45, 7) is 0. The number of hydrogen-bond acceptors (Lipinski definition) is 2. The molecule has 0 bridgehead atoms. The molecule has 1 aromatic heterocycles. The number of thiazole rings is 1. The van der Waals surface area contributed by atoms with E-state index in [1.807, 2.05) is 0 Å². The Hall–Kier alpha value is -1.30. The van der Waals surface area contributed by atoms with Gasteiger partial charge in [-0.25, -0.2) is 0 Å². The van der Waals surface area contributed by atoms with Crippen LogP contribution in [0.15, 0.2) is 24.3 Å². The molecule has 0 atom stereocenters. The quantitative estimate of drug-likeness (QED) is 0.691. The molecule has 0 saturated heterocycles. The maximum absolute atomic E-state index is 12.0. The Kier molecular flexibility index (Phi) is 2.30. The molecule has 0 fully saturated rings. The van der Waals surface area contributed by atoms with Gasteiger partial charge in [-0.2, -0.15) is 4.57 Å². The number of aryl methyl sites for hydroxylation is 1. The smallest absolute Gasteiger partial charge is 0.342 e. The van der Waals surface area contributed by atoms with Gasteiger partial charge in [-0.1, -0.05) is 12.1 Å². The van der Waals surface area contributed by atoms with Gasteiger partial charge >= 0.3 is 11.6 Å². The van der Waals surface area contributed by atoms with Crippen molar-refractivity contribution in [3.63, 3.8) is 0 Å². The molecule has 0 aliphatic carbocycles.